The summed E-state index contributed by atoms with van der Waals surface area (Å²) in [6, 6.07) is 89.2. The summed E-state index contributed by atoms with van der Waals surface area (Å²) in [5, 5.41) is 4.40. The molecule has 12 aromatic rings. The van der Waals surface area contributed by atoms with Crippen molar-refractivity contribution in [1.82, 2.24) is 19.9 Å². The summed E-state index contributed by atoms with van der Waals surface area (Å²) >= 11 is 0. The molecular weight excluding hydrogens is 825 g/mol. The Labute approximate surface area is 395 Å². The monoisotopic (exact) mass is 866 g/mol. The van der Waals surface area contributed by atoms with Crippen molar-refractivity contribution < 1.29 is 0 Å². The standard InChI is InChI=1S/C64H42N4/c1-5-20-43(21-6-1)47-28-15-29-48(40-47)59-41-61(67-63(65-59)57-38-18-34-52-49(32-16-36-54(52)57)44-22-7-2-8-23-44)62-42-60(56-31-14-13-30-51(56)46-26-11-4-12-27-46)66-64(68-62)58-39-19-35-53-50(33-17-37-55(53)58)45-24-9-3-10-25-45/h1-42H. The Bertz CT molecular complexity index is 3780. The summed E-state index contributed by atoms with van der Waals surface area (Å²) in [7, 11) is 0. The SMILES string of the molecule is c1ccc(-c2cccc(-c3cc(-c4cc(-c5ccccc5-c5ccccc5)nc(-c5cccc6c(-c7ccccc7)cccc56)n4)nc(-c4cccc5c(-c6ccccc6)cccc45)n3)c2)cc1. The highest BCUT2D eigenvalue weighted by atomic mass is 14.9. The van der Waals surface area contributed by atoms with Crippen molar-refractivity contribution in [2.75, 3.05) is 0 Å². The van der Waals surface area contributed by atoms with Gasteiger partial charge in [0, 0.05) is 22.3 Å². The van der Waals surface area contributed by atoms with Crippen LogP contribution in [0.2, 0.25) is 0 Å². The molecule has 12 rings (SSSR count). The highest BCUT2D eigenvalue weighted by Crippen LogP contribution is 2.40. The number of aromatic nitrogens is 4. The third-order valence-electron chi connectivity index (χ3n) is 12.8. The maximum Gasteiger partial charge on any atom is 0.161 e. The molecule has 0 fully saturated rings. The third-order valence-corrected chi connectivity index (χ3v) is 12.8. The first-order chi connectivity index (χ1) is 33.7. The van der Waals surface area contributed by atoms with E-state index in [9.17, 15) is 0 Å². The average molecular weight is 867 g/mol. The Balaban J connectivity index is 1.12. The predicted octanol–water partition coefficient (Wildman–Crippen LogP) is 16.6. The largest absolute Gasteiger partial charge is 0.228 e. The van der Waals surface area contributed by atoms with Gasteiger partial charge in [-0.3, -0.25) is 0 Å². The molecule has 10 aromatic carbocycles. The zero-order chi connectivity index (χ0) is 45.2. The topological polar surface area (TPSA) is 51.6 Å². The second-order valence-electron chi connectivity index (χ2n) is 16.9. The quantitative estimate of drug-likeness (QED) is 0.145. The Morgan fingerprint density at radius 1 is 0.176 bits per heavy atom. The van der Waals surface area contributed by atoms with Gasteiger partial charge in [0.25, 0.3) is 0 Å². The molecule has 0 bridgehead atoms. The molecule has 0 N–H and O–H groups in total. The van der Waals surface area contributed by atoms with Crippen LogP contribution in [0.5, 0.6) is 0 Å². The molecule has 0 unspecified atom stereocenters. The first kappa shape index (κ1) is 40.4. The lowest BCUT2D eigenvalue weighted by Gasteiger charge is -2.16. The second-order valence-corrected chi connectivity index (χ2v) is 16.9. The van der Waals surface area contributed by atoms with Crippen LogP contribution >= 0.6 is 0 Å². The van der Waals surface area contributed by atoms with E-state index in [2.05, 4.69) is 249 Å². The van der Waals surface area contributed by atoms with Gasteiger partial charge in [-0.1, -0.05) is 237 Å². The molecule has 4 heteroatoms. The summed E-state index contributed by atoms with van der Waals surface area (Å²) in [4.78, 5) is 21.9. The van der Waals surface area contributed by atoms with Gasteiger partial charge in [0.05, 0.1) is 22.8 Å². The molecular formula is C64H42N4. The third kappa shape index (κ3) is 7.70. The van der Waals surface area contributed by atoms with Gasteiger partial charge in [-0.25, -0.2) is 19.9 Å². The van der Waals surface area contributed by atoms with E-state index in [1.54, 1.807) is 0 Å². The molecule has 0 aliphatic carbocycles. The van der Waals surface area contributed by atoms with E-state index < -0.39 is 0 Å². The fourth-order valence-electron chi connectivity index (χ4n) is 9.50. The lowest BCUT2D eigenvalue weighted by atomic mass is 9.94. The number of hydrogen-bond acceptors (Lipinski definition) is 4. The van der Waals surface area contributed by atoms with Gasteiger partial charge in [-0.05, 0) is 84.3 Å². The molecule has 0 aliphatic heterocycles. The van der Waals surface area contributed by atoms with Crippen LogP contribution < -0.4 is 0 Å². The van der Waals surface area contributed by atoms with Crippen molar-refractivity contribution in [1.29, 1.82) is 0 Å². The number of nitrogens with zero attached hydrogens (tertiary/aromatic N) is 4. The second kappa shape index (κ2) is 17.7. The van der Waals surface area contributed by atoms with Crippen LogP contribution in [0.1, 0.15) is 0 Å². The maximum atomic E-state index is 5.50. The van der Waals surface area contributed by atoms with E-state index >= 15 is 0 Å². The minimum absolute atomic E-state index is 0.613. The van der Waals surface area contributed by atoms with Crippen LogP contribution in [-0.4, -0.2) is 19.9 Å². The molecule has 0 aliphatic rings. The van der Waals surface area contributed by atoms with Crippen molar-refractivity contribution in [3.63, 3.8) is 0 Å². The number of benzene rings is 10. The van der Waals surface area contributed by atoms with Crippen molar-refractivity contribution >= 4 is 21.5 Å². The summed E-state index contributed by atoms with van der Waals surface area (Å²) in [5.74, 6) is 1.23. The molecule has 0 saturated carbocycles. The van der Waals surface area contributed by atoms with Crippen LogP contribution in [0, 0.1) is 0 Å². The fourth-order valence-corrected chi connectivity index (χ4v) is 9.50. The van der Waals surface area contributed by atoms with E-state index in [4.69, 9.17) is 19.9 Å². The van der Waals surface area contributed by atoms with Crippen molar-refractivity contribution in [3.05, 3.63) is 255 Å². The Morgan fingerprint density at radius 2 is 0.500 bits per heavy atom. The Kier molecular flexibility index (Phi) is 10.5. The summed E-state index contributed by atoms with van der Waals surface area (Å²) < 4.78 is 0. The smallest absolute Gasteiger partial charge is 0.161 e. The van der Waals surface area contributed by atoms with Crippen LogP contribution in [0.3, 0.4) is 0 Å². The molecule has 0 spiro atoms. The van der Waals surface area contributed by atoms with Crippen molar-refractivity contribution in [2.45, 2.75) is 0 Å². The van der Waals surface area contributed by atoms with E-state index in [-0.39, 0.29) is 0 Å². The summed E-state index contributed by atoms with van der Waals surface area (Å²) in [6.07, 6.45) is 0. The highest BCUT2D eigenvalue weighted by Gasteiger charge is 2.20. The predicted molar refractivity (Wildman–Crippen MR) is 282 cm³/mol. The number of rotatable bonds is 9. The van der Waals surface area contributed by atoms with Gasteiger partial charge in [0.2, 0.25) is 0 Å². The lowest BCUT2D eigenvalue weighted by molar-refractivity contribution is 1.14. The highest BCUT2D eigenvalue weighted by molar-refractivity contribution is 6.05. The van der Waals surface area contributed by atoms with Gasteiger partial charge in [-0.2, -0.15) is 0 Å². The van der Waals surface area contributed by atoms with Gasteiger partial charge >= 0.3 is 0 Å². The molecule has 2 heterocycles. The minimum Gasteiger partial charge on any atom is -0.228 e. The maximum absolute atomic E-state index is 5.50. The summed E-state index contributed by atoms with van der Waals surface area (Å²) in [5.41, 5.74) is 15.9. The number of hydrogen-bond donors (Lipinski definition) is 0. The molecule has 4 nitrogen and oxygen atoms in total. The van der Waals surface area contributed by atoms with E-state index in [1.807, 2.05) is 6.07 Å². The molecule has 0 radical (unpaired) electrons. The fraction of sp³-hybridized carbons (Fsp3) is 0. The van der Waals surface area contributed by atoms with E-state index in [0.29, 0.717) is 23.0 Å². The normalized spacial score (nSPS) is 11.2. The van der Waals surface area contributed by atoms with Gasteiger partial charge in [0.1, 0.15) is 0 Å². The van der Waals surface area contributed by atoms with Crippen LogP contribution in [0.25, 0.3) is 123 Å². The van der Waals surface area contributed by atoms with Gasteiger partial charge in [-0.15, -0.1) is 0 Å². The van der Waals surface area contributed by atoms with Crippen LogP contribution in [0.4, 0.5) is 0 Å². The summed E-state index contributed by atoms with van der Waals surface area (Å²) in [6.45, 7) is 0. The minimum atomic E-state index is 0.613. The number of fused-ring (bicyclic) bond motifs is 2. The Hall–Kier alpha value is -9.12. The molecule has 2 aromatic heterocycles. The van der Waals surface area contributed by atoms with Crippen molar-refractivity contribution in [3.8, 4) is 101 Å². The first-order valence-corrected chi connectivity index (χ1v) is 23.0. The van der Waals surface area contributed by atoms with Gasteiger partial charge < -0.3 is 0 Å². The molecule has 0 atom stereocenters. The molecule has 0 amide bonds. The zero-order valence-corrected chi connectivity index (χ0v) is 37.0. The molecule has 0 saturated heterocycles. The van der Waals surface area contributed by atoms with Gasteiger partial charge in [0.15, 0.2) is 11.6 Å². The van der Waals surface area contributed by atoms with E-state index in [1.165, 1.54) is 0 Å². The average Bonchev–Trinajstić information content (AvgIpc) is 3.43. The molecule has 68 heavy (non-hydrogen) atoms. The van der Waals surface area contributed by atoms with Crippen LogP contribution in [0.15, 0.2) is 255 Å². The lowest BCUT2D eigenvalue weighted by Crippen LogP contribution is -2.01. The zero-order valence-electron chi connectivity index (χ0n) is 37.0. The molecule has 318 valence electrons. The van der Waals surface area contributed by atoms with Crippen molar-refractivity contribution in [2.24, 2.45) is 0 Å². The van der Waals surface area contributed by atoms with E-state index in [0.717, 1.165) is 99.7 Å². The Morgan fingerprint density at radius 3 is 1.01 bits per heavy atom. The first-order valence-electron chi connectivity index (χ1n) is 23.0. The van der Waals surface area contributed by atoms with Crippen LogP contribution in [-0.2, 0) is 0 Å².